The molecule has 10 heteroatoms. The predicted octanol–water partition coefficient (Wildman–Crippen LogP) is 2.00. The molecule has 2 aromatic carbocycles. The average molecular weight is 446 g/mol. The minimum atomic E-state index is -1.42. The Balaban J connectivity index is 1.80. The normalized spacial score (nSPS) is 14.9. The van der Waals surface area contributed by atoms with Crippen molar-refractivity contribution in [3.05, 3.63) is 64.3 Å². The van der Waals surface area contributed by atoms with Gasteiger partial charge in [0, 0.05) is 0 Å². The van der Waals surface area contributed by atoms with Crippen molar-refractivity contribution >= 4 is 52.2 Å². The molecule has 1 fully saturated rings. The smallest absolute Gasteiger partial charge is 0.343 e. The van der Waals surface area contributed by atoms with Crippen molar-refractivity contribution in [3.8, 4) is 11.5 Å². The van der Waals surface area contributed by atoms with Gasteiger partial charge in [0.05, 0.1) is 30.1 Å². The van der Waals surface area contributed by atoms with Crippen molar-refractivity contribution < 1.29 is 33.4 Å². The molecule has 0 unspecified atom stereocenters. The number of thiocarbonyl (C=S) groups is 1. The second-order valence-corrected chi connectivity index (χ2v) is 7.62. The van der Waals surface area contributed by atoms with Crippen LogP contribution in [0.1, 0.15) is 15.9 Å². The average Bonchev–Trinajstić information content (AvgIpc) is 2.96. The fourth-order valence-electron chi connectivity index (χ4n) is 2.52. The predicted molar refractivity (Wildman–Crippen MR) is 109 cm³/mol. The van der Waals surface area contributed by atoms with Crippen LogP contribution in [0.15, 0.2) is 47.4 Å². The monoisotopic (exact) mass is 446 g/mol. The van der Waals surface area contributed by atoms with Crippen LogP contribution < -0.4 is 14.6 Å². The van der Waals surface area contributed by atoms with Gasteiger partial charge in [-0.2, -0.15) is 0 Å². The summed E-state index contributed by atoms with van der Waals surface area (Å²) in [4.78, 5) is 36.5. The number of carboxylic acid groups (broad SMARTS) is 1. The molecule has 3 rings (SSSR count). The summed E-state index contributed by atoms with van der Waals surface area (Å²) in [6.07, 6.45) is 1.52. The molecule has 0 atom stereocenters. The molecule has 0 spiro atoms. The quantitative estimate of drug-likeness (QED) is 0.288. The highest BCUT2D eigenvalue weighted by atomic mass is 32.2. The van der Waals surface area contributed by atoms with Crippen LogP contribution in [0.25, 0.3) is 6.08 Å². The Kier molecular flexibility index (Phi) is 6.48. The number of esters is 1. The van der Waals surface area contributed by atoms with Crippen LogP contribution in [0.5, 0.6) is 11.5 Å². The van der Waals surface area contributed by atoms with Crippen molar-refractivity contribution in [3.63, 3.8) is 0 Å². The molecule has 0 N–H and O–H groups in total. The highest BCUT2D eigenvalue weighted by Crippen LogP contribution is 2.34. The second kappa shape index (κ2) is 9.06. The number of nitrogens with zero attached hydrogens (tertiary/aromatic N) is 1. The largest absolute Gasteiger partial charge is 0.548 e. The number of carbonyl (C=O) groups is 3. The molecular formula is C20H13FNO6S2-. The Morgan fingerprint density at radius 1 is 1.20 bits per heavy atom. The number of halogens is 1. The Morgan fingerprint density at radius 3 is 2.53 bits per heavy atom. The van der Waals surface area contributed by atoms with E-state index in [4.69, 9.17) is 21.7 Å². The van der Waals surface area contributed by atoms with E-state index >= 15 is 0 Å². The number of ether oxygens (including phenoxy) is 2. The Hall–Kier alpha value is -3.24. The van der Waals surface area contributed by atoms with Crippen LogP contribution in [-0.4, -0.2) is 40.7 Å². The van der Waals surface area contributed by atoms with E-state index in [2.05, 4.69) is 0 Å². The number of aliphatic carboxylic acids is 1. The fraction of sp³-hybridized carbons (Fsp3) is 0.100. The third-order valence-electron chi connectivity index (χ3n) is 3.93. The van der Waals surface area contributed by atoms with Crippen molar-refractivity contribution in [2.75, 3.05) is 13.7 Å². The molecule has 1 heterocycles. The number of benzene rings is 2. The van der Waals surface area contributed by atoms with Gasteiger partial charge in [-0.05, 0) is 48.0 Å². The first-order valence-corrected chi connectivity index (χ1v) is 9.62. The van der Waals surface area contributed by atoms with E-state index in [1.807, 2.05) is 0 Å². The van der Waals surface area contributed by atoms with Gasteiger partial charge in [-0.15, -0.1) is 0 Å². The van der Waals surface area contributed by atoms with Gasteiger partial charge in [0.1, 0.15) is 10.1 Å². The van der Waals surface area contributed by atoms with E-state index in [9.17, 15) is 23.9 Å². The van der Waals surface area contributed by atoms with Crippen molar-refractivity contribution in [2.24, 2.45) is 0 Å². The summed E-state index contributed by atoms with van der Waals surface area (Å²) < 4.78 is 23.7. The third kappa shape index (κ3) is 4.84. The van der Waals surface area contributed by atoms with Crippen LogP contribution in [0.3, 0.4) is 0 Å². The standard InChI is InChI=1S/C20H14FNO6S2/c1-27-15-8-11(9-16-18(25)22(10-17(23)24)20(29)30-16)2-7-14(15)28-19(26)12-3-5-13(21)6-4-12/h2-9H,10H2,1H3,(H,23,24)/p-1/b16-9+. The zero-order valence-corrected chi connectivity index (χ0v) is 17.1. The number of rotatable bonds is 6. The number of thioether (sulfide) groups is 1. The molecule has 0 radical (unpaired) electrons. The summed E-state index contributed by atoms with van der Waals surface area (Å²) in [6.45, 7) is -0.621. The van der Waals surface area contributed by atoms with Gasteiger partial charge < -0.3 is 19.4 Å². The summed E-state index contributed by atoms with van der Waals surface area (Å²) in [5.41, 5.74) is 0.710. The molecular weight excluding hydrogens is 433 g/mol. The maximum absolute atomic E-state index is 13.0. The maximum Gasteiger partial charge on any atom is 0.343 e. The van der Waals surface area contributed by atoms with E-state index in [-0.39, 0.29) is 26.3 Å². The minimum absolute atomic E-state index is 0.118. The molecule has 0 aliphatic carbocycles. The molecule has 1 saturated heterocycles. The summed E-state index contributed by atoms with van der Waals surface area (Å²) >= 11 is 6.00. The molecule has 1 aliphatic rings. The summed E-state index contributed by atoms with van der Waals surface area (Å²) in [7, 11) is 1.38. The molecule has 154 valence electrons. The first-order chi connectivity index (χ1) is 14.3. The van der Waals surface area contributed by atoms with E-state index in [1.165, 1.54) is 31.4 Å². The number of carboxylic acids is 1. The number of hydrogen-bond donors (Lipinski definition) is 0. The highest BCUT2D eigenvalue weighted by Gasteiger charge is 2.32. The van der Waals surface area contributed by atoms with Crippen LogP contribution in [0, 0.1) is 5.82 Å². The number of amides is 1. The highest BCUT2D eigenvalue weighted by molar-refractivity contribution is 8.26. The number of hydrogen-bond acceptors (Lipinski definition) is 8. The van der Waals surface area contributed by atoms with Crippen LogP contribution >= 0.6 is 24.0 Å². The molecule has 30 heavy (non-hydrogen) atoms. The lowest BCUT2D eigenvalue weighted by Crippen LogP contribution is -2.40. The summed E-state index contributed by atoms with van der Waals surface area (Å²) in [6, 6.07) is 9.50. The molecule has 0 bridgehead atoms. The van der Waals surface area contributed by atoms with E-state index in [0.717, 1.165) is 28.8 Å². The summed E-state index contributed by atoms with van der Waals surface area (Å²) in [5, 5.41) is 10.8. The molecule has 1 amide bonds. The first-order valence-electron chi connectivity index (χ1n) is 8.39. The zero-order chi connectivity index (χ0) is 21.8. The number of carbonyl (C=O) groups excluding carboxylic acids is 3. The van der Waals surface area contributed by atoms with Crippen molar-refractivity contribution in [2.45, 2.75) is 0 Å². The summed E-state index contributed by atoms with van der Waals surface area (Å²) in [5.74, 6) is -2.76. The Bertz CT molecular complexity index is 1070. The van der Waals surface area contributed by atoms with Crippen LogP contribution in [-0.2, 0) is 9.59 Å². The number of methoxy groups -OCH3 is 1. The zero-order valence-electron chi connectivity index (χ0n) is 15.4. The topological polar surface area (TPSA) is 96.0 Å². The minimum Gasteiger partial charge on any atom is -0.548 e. The maximum atomic E-state index is 13.0. The van der Waals surface area contributed by atoms with Crippen molar-refractivity contribution in [1.82, 2.24) is 4.90 Å². The second-order valence-electron chi connectivity index (χ2n) is 5.95. The lowest BCUT2D eigenvalue weighted by Gasteiger charge is -2.14. The molecule has 1 aliphatic heterocycles. The lowest BCUT2D eigenvalue weighted by molar-refractivity contribution is -0.305. The molecule has 0 saturated carbocycles. The van der Waals surface area contributed by atoms with Gasteiger partial charge in [0.15, 0.2) is 11.5 Å². The Labute approximate surface area is 180 Å². The van der Waals surface area contributed by atoms with Gasteiger partial charge in [-0.25, -0.2) is 9.18 Å². The van der Waals surface area contributed by atoms with Gasteiger partial charge in [0.2, 0.25) is 0 Å². The third-order valence-corrected chi connectivity index (χ3v) is 5.31. The van der Waals surface area contributed by atoms with Crippen molar-refractivity contribution in [1.29, 1.82) is 0 Å². The molecule has 0 aromatic heterocycles. The van der Waals surface area contributed by atoms with E-state index in [0.29, 0.717) is 5.56 Å². The van der Waals surface area contributed by atoms with Gasteiger partial charge in [-0.3, -0.25) is 9.69 Å². The van der Waals surface area contributed by atoms with Gasteiger partial charge >= 0.3 is 5.97 Å². The van der Waals surface area contributed by atoms with Gasteiger partial charge in [-0.1, -0.05) is 30.0 Å². The Morgan fingerprint density at radius 2 is 1.90 bits per heavy atom. The van der Waals surface area contributed by atoms with Gasteiger partial charge in [0.25, 0.3) is 5.91 Å². The molecule has 2 aromatic rings. The van der Waals surface area contributed by atoms with E-state index in [1.54, 1.807) is 12.1 Å². The first kappa shape index (κ1) is 21.5. The van der Waals surface area contributed by atoms with Crippen LogP contribution in [0.2, 0.25) is 0 Å². The lowest BCUT2D eigenvalue weighted by atomic mass is 10.1. The van der Waals surface area contributed by atoms with Crippen LogP contribution in [0.4, 0.5) is 4.39 Å². The molecule has 7 nitrogen and oxygen atoms in total. The van der Waals surface area contributed by atoms with E-state index < -0.39 is 30.2 Å². The fourth-order valence-corrected chi connectivity index (χ4v) is 3.77. The SMILES string of the molecule is COc1cc(/C=C2/SC(=S)N(CC(=O)[O-])C2=O)ccc1OC(=O)c1ccc(F)cc1.